The van der Waals surface area contributed by atoms with Crippen LogP contribution < -0.4 is 0 Å². The average molecular weight is 705 g/mol. The molecule has 0 bridgehead atoms. The molecule has 0 aromatic heterocycles. The number of esters is 2. The first-order chi connectivity index (χ1) is 22.9. The van der Waals surface area contributed by atoms with Crippen LogP contribution in [0, 0.1) is 10.8 Å². The number of hydrogen-bond donors (Lipinski definition) is 0. The van der Waals surface area contributed by atoms with Gasteiger partial charge in [-0.2, -0.15) is 21.6 Å². The fourth-order valence-electron chi connectivity index (χ4n) is 6.13. The number of hydrogen-bond acceptors (Lipinski definition) is 7. The van der Waals surface area contributed by atoms with E-state index in [0.29, 0.717) is 25.9 Å². The molecule has 0 heterocycles. The molecule has 2 aliphatic carbocycles. The number of alkyl halides is 3. The number of allylic oxidation sites excluding steroid dienone is 3. The quantitative estimate of drug-likeness (QED) is 0.0940. The third kappa shape index (κ3) is 11.9. The molecule has 4 rings (SSSR count). The van der Waals surface area contributed by atoms with Crippen molar-refractivity contribution in [2.45, 2.75) is 104 Å². The lowest BCUT2D eigenvalue weighted by molar-refractivity contribution is -0.145. The Morgan fingerprint density at radius 1 is 0.776 bits per heavy atom. The van der Waals surface area contributed by atoms with Gasteiger partial charge >= 0.3 is 27.6 Å². The molecule has 0 saturated carbocycles. The van der Waals surface area contributed by atoms with E-state index in [9.17, 15) is 31.2 Å². The van der Waals surface area contributed by atoms with Crippen molar-refractivity contribution in [2.24, 2.45) is 10.8 Å². The summed E-state index contributed by atoms with van der Waals surface area (Å²) < 4.78 is 75.7. The molecule has 0 atom stereocenters. The Bertz CT molecular complexity index is 1610. The van der Waals surface area contributed by atoms with Gasteiger partial charge in [0, 0.05) is 6.42 Å². The van der Waals surface area contributed by atoms with Crippen LogP contribution in [0.15, 0.2) is 95.8 Å². The third-order valence-electron chi connectivity index (χ3n) is 8.90. The van der Waals surface area contributed by atoms with E-state index in [1.165, 1.54) is 17.6 Å². The summed E-state index contributed by atoms with van der Waals surface area (Å²) in [6.45, 7) is 12.1. The summed E-state index contributed by atoms with van der Waals surface area (Å²) in [7, 11) is -5.78. The summed E-state index contributed by atoms with van der Waals surface area (Å²) in [4.78, 5) is 24.4. The van der Waals surface area contributed by atoms with Crippen LogP contribution in [-0.2, 0) is 46.6 Å². The van der Waals surface area contributed by atoms with Crippen molar-refractivity contribution in [3.05, 3.63) is 107 Å². The number of rotatable bonds is 12. The first-order valence-electron chi connectivity index (χ1n) is 16.4. The number of ether oxygens (including phenoxy) is 2. The van der Waals surface area contributed by atoms with E-state index in [4.69, 9.17) is 9.47 Å². The summed E-state index contributed by atoms with van der Waals surface area (Å²) in [6.07, 6.45) is 7.36. The van der Waals surface area contributed by atoms with Gasteiger partial charge in [0.25, 0.3) is 0 Å². The standard InChI is InChI=1S/C20H26O2.C18H21F3O5S/c1-4-9-17-12-8-13-20(2,3)18(17)14-19(21)22-15-16-10-6-5-7-11-16;1-17(2)10-6-9-15(26-27(23,24)18(19,20)21)14(17)11-16(22)25-12-13-7-4-3-5-8-13/h4-7,10-11H,1,8-9,12-15H2,2-3H3;3-5,7-8H,6,9-12H2,1-2H3. The van der Waals surface area contributed by atoms with Crippen LogP contribution >= 0.6 is 0 Å². The minimum Gasteiger partial charge on any atom is -0.461 e. The van der Waals surface area contributed by atoms with Crippen molar-refractivity contribution in [2.75, 3.05) is 0 Å². The molecular weight excluding hydrogens is 657 g/mol. The fourth-order valence-corrected chi connectivity index (χ4v) is 6.68. The van der Waals surface area contributed by atoms with Crippen molar-refractivity contribution >= 4 is 22.1 Å². The Kier molecular flexibility index (Phi) is 13.9. The predicted octanol–water partition coefficient (Wildman–Crippen LogP) is 9.65. The van der Waals surface area contributed by atoms with Gasteiger partial charge in [-0.15, -0.1) is 6.58 Å². The highest BCUT2D eigenvalue weighted by atomic mass is 32.2. The van der Waals surface area contributed by atoms with Crippen molar-refractivity contribution in [3.8, 4) is 0 Å². The monoisotopic (exact) mass is 704 g/mol. The highest BCUT2D eigenvalue weighted by molar-refractivity contribution is 7.87. The molecular formula is C38H47F3O7S. The summed E-state index contributed by atoms with van der Waals surface area (Å²) in [6, 6.07) is 18.7. The molecule has 0 radical (unpaired) electrons. The molecule has 0 spiro atoms. The van der Waals surface area contributed by atoms with Gasteiger partial charge in [-0.3, -0.25) is 9.59 Å². The van der Waals surface area contributed by atoms with Gasteiger partial charge in [-0.05, 0) is 66.1 Å². The van der Waals surface area contributed by atoms with Gasteiger partial charge in [0.2, 0.25) is 0 Å². The predicted molar refractivity (Wildman–Crippen MR) is 182 cm³/mol. The zero-order chi connectivity index (χ0) is 36.3. The molecule has 268 valence electrons. The maximum atomic E-state index is 12.7. The zero-order valence-electron chi connectivity index (χ0n) is 28.7. The molecule has 0 unspecified atom stereocenters. The highest BCUT2D eigenvalue weighted by Crippen LogP contribution is 2.45. The van der Waals surface area contributed by atoms with Gasteiger partial charge in [-0.25, -0.2) is 0 Å². The first-order valence-corrected chi connectivity index (χ1v) is 17.8. The van der Waals surface area contributed by atoms with E-state index < -0.39 is 27.0 Å². The molecule has 49 heavy (non-hydrogen) atoms. The molecule has 0 fully saturated rings. The molecule has 0 aliphatic heterocycles. The molecule has 2 aliphatic rings. The van der Waals surface area contributed by atoms with Crippen LogP contribution in [0.5, 0.6) is 0 Å². The van der Waals surface area contributed by atoms with E-state index in [1.54, 1.807) is 38.1 Å². The Hall–Kier alpha value is -3.86. The zero-order valence-corrected chi connectivity index (χ0v) is 29.6. The van der Waals surface area contributed by atoms with Crippen molar-refractivity contribution in [1.82, 2.24) is 0 Å². The molecule has 7 nitrogen and oxygen atoms in total. The van der Waals surface area contributed by atoms with Gasteiger partial charge in [0.15, 0.2) is 0 Å². The summed E-state index contributed by atoms with van der Waals surface area (Å²) in [5.41, 5.74) is -1.47. The number of halogens is 3. The molecule has 0 N–H and O–H groups in total. The lowest BCUT2D eigenvalue weighted by Crippen LogP contribution is -2.29. The SMILES string of the molecule is C=CCC1=C(CC(=O)OCc2ccccc2)C(C)(C)CCC1.CC1(C)CCCC(OS(=O)(=O)C(F)(F)F)=C1CC(=O)OCc1ccccc1. The van der Waals surface area contributed by atoms with E-state index in [1.807, 2.05) is 42.5 Å². The molecule has 2 aromatic rings. The number of carbonyl (C=O) groups is 2. The van der Waals surface area contributed by atoms with Crippen LogP contribution in [0.2, 0.25) is 0 Å². The van der Waals surface area contributed by atoms with Crippen LogP contribution in [-0.4, -0.2) is 25.9 Å². The molecule has 0 saturated heterocycles. The fraction of sp³-hybridized carbons (Fsp3) is 0.474. The van der Waals surface area contributed by atoms with Crippen molar-refractivity contribution in [3.63, 3.8) is 0 Å². The Morgan fingerprint density at radius 2 is 1.22 bits per heavy atom. The normalized spacial score (nSPS) is 17.4. The summed E-state index contributed by atoms with van der Waals surface area (Å²) in [5.74, 6) is -1.11. The number of carbonyl (C=O) groups excluding carboxylic acids is 2. The third-order valence-corrected chi connectivity index (χ3v) is 9.88. The lowest BCUT2D eigenvalue weighted by Gasteiger charge is -2.35. The second kappa shape index (κ2) is 17.2. The van der Waals surface area contributed by atoms with Gasteiger partial charge in [0.05, 0.1) is 12.8 Å². The highest BCUT2D eigenvalue weighted by Gasteiger charge is 2.49. The topological polar surface area (TPSA) is 96.0 Å². The van der Waals surface area contributed by atoms with Crippen LogP contribution in [0.3, 0.4) is 0 Å². The van der Waals surface area contributed by atoms with Crippen molar-refractivity contribution < 1.29 is 44.8 Å². The summed E-state index contributed by atoms with van der Waals surface area (Å²) >= 11 is 0. The second-order valence-electron chi connectivity index (χ2n) is 13.6. The van der Waals surface area contributed by atoms with Gasteiger partial charge < -0.3 is 13.7 Å². The largest absolute Gasteiger partial charge is 0.534 e. The van der Waals surface area contributed by atoms with E-state index in [2.05, 4.69) is 24.6 Å². The van der Waals surface area contributed by atoms with Gasteiger partial charge in [-0.1, -0.05) is 106 Å². The summed E-state index contributed by atoms with van der Waals surface area (Å²) in [5, 5.41) is 0. The van der Waals surface area contributed by atoms with Gasteiger partial charge in [0.1, 0.15) is 19.0 Å². The lowest BCUT2D eigenvalue weighted by atomic mass is 9.70. The minimum absolute atomic E-state index is 0.0139. The average Bonchev–Trinajstić information content (AvgIpc) is 3.03. The van der Waals surface area contributed by atoms with Crippen LogP contribution in [0.25, 0.3) is 0 Å². The molecule has 0 amide bonds. The minimum atomic E-state index is -5.78. The maximum Gasteiger partial charge on any atom is 0.534 e. The Balaban J connectivity index is 0.000000271. The van der Waals surface area contributed by atoms with Crippen molar-refractivity contribution in [1.29, 1.82) is 0 Å². The smallest absolute Gasteiger partial charge is 0.461 e. The second-order valence-corrected chi connectivity index (χ2v) is 15.1. The maximum absolute atomic E-state index is 12.7. The van der Waals surface area contributed by atoms with E-state index in [-0.39, 0.29) is 42.2 Å². The van der Waals surface area contributed by atoms with E-state index in [0.717, 1.165) is 30.4 Å². The Morgan fingerprint density at radius 3 is 1.69 bits per heavy atom. The first kappa shape index (κ1) is 39.6. The molecule has 2 aromatic carbocycles. The molecule has 11 heteroatoms. The van der Waals surface area contributed by atoms with E-state index >= 15 is 0 Å². The van der Waals surface area contributed by atoms with Crippen LogP contribution in [0.1, 0.15) is 96.6 Å². The van der Waals surface area contributed by atoms with Crippen LogP contribution in [0.4, 0.5) is 13.2 Å². The number of benzene rings is 2. The Labute approximate surface area is 288 Å².